The number of nitrogens with one attached hydrogen (secondary N) is 2. The minimum Gasteiger partial charge on any atom is -0.399 e. The van der Waals surface area contributed by atoms with Crippen molar-refractivity contribution in [1.82, 2.24) is 10.2 Å². The third-order valence-corrected chi connectivity index (χ3v) is 4.94. The number of oxime groups is 1. The number of carbonyl (C=O) groups is 1. The van der Waals surface area contributed by atoms with Gasteiger partial charge in [0.1, 0.15) is 7.11 Å². The highest BCUT2D eigenvalue weighted by atomic mass is 16.6. The predicted octanol–water partition coefficient (Wildman–Crippen LogP) is 2.41. The Hall–Kier alpha value is -2.08. The van der Waals surface area contributed by atoms with Gasteiger partial charge in [0.2, 0.25) is 0 Å². The van der Waals surface area contributed by atoms with Crippen molar-refractivity contribution in [2.24, 2.45) is 5.16 Å². The number of piperidine rings is 1. The highest BCUT2D eigenvalue weighted by molar-refractivity contribution is 5.96. The highest BCUT2D eigenvalue weighted by Crippen LogP contribution is 2.34. The smallest absolute Gasteiger partial charge is 0.319 e. The SMILES string of the molecule is CO/N=C/c1ccccc1NC(=O)NC1C[C@H]2CC[C@@H](C1)N2C. The number of urea groups is 1. The lowest BCUT2D eigenvalue weighted by Gasteiger charge is -2.36. The van der Waals surface area contributed by atoms with Crippen molar-refractivity contribution in [3.8, 4) is 0 Å². The average molecular weight is 316 g/mol. The fourth-order valence-electron chi connectivity index (χ4n) is 3.71. The van der Waals surface area contributed by atoms with Gasteiger partial charge in [-0.25, -0.2) is 4.79 Å². The standard InChI is InChI=1S/C17H24N4O2/c1-21-14-7-8-15(21)10-13(9-14)19-17(22)20-16-6-4-3-5-12(16)11-18-23-2/h3-6,11,13-15H,7-10H2,1-2H3,(H2,19,20,22)/b18-11+/t13?,14-,15+. The van der Waals surface area contributed by atoms with Crippen LogP contribution in [0.5, 0.6) is 0 Å². The molecule has 0 saturated carbocycles. The van der Waals surface area contributed by atoms with Crippen LogP contribution in [-0.4, -0.2) is 49.4 Å². The summed E-state index contributed by atoms with van der Waals surface area (Å²) in [6.45, 7) is 0. The molecule has 2 N–H and O–H groups in total. The molecule has 2 bridgehead atoms. The van der Waals surface area contributed by atoms with E-state index in [1.165, 1.54) is 20.0 Å². The molecule has 2 aliphatic heterocycles. The second-order valence-electron chi connectivity index (χ2n) is 6.32. The molecule has 3 atom stereocenters. The van der Waals surface area contributed by atoms with Gasteiger partial charge in [0.25, 0.3) is 0 Å². The first-order valence-electron chi connectivity index (χ1n) is 8.12. The summed E-state index contributed by atoms with van der Waals surface area (Å²) in [5.74, 6) is 0. The van der Waals surface area contributed by atoms with Crippen molar-refractivity contribution in [2.45, 2.75) is 43.8 Å². The third kappa shape index (κ3) is 3.64. The summed E-state index contributed by atoms with van der Waals surface area (Å²) in [4.78, 5) is 19.5. The van der Waals surface area contributed by atoms with E-state index >= 15 is 0 Å². The maximum absolute atomic E-state index is 12.3. The number of hydrogen-bond donors (Lipinski definition) is 2. The maximum atomic E-state index is 12.3. The van der Waals surface area contributed by atoms with E-state index in [1.54, 1.807) is 6.21 Å². The largest absolute Gasteiger partial charge is 0.399 e. The van der Waals surface area contributed by atoms with Gasteiger partial charge in [0.15, 0.2) is 0 Å². The minimum absolute atomic E-state index is 0.155. The van der Waals surface area contributed by atoms with E-state index in [1.807, 2.05) is 24.3 Å². The Morgan fingerprint density at radius 3 is 2.70 bits per heavy atom. The van der Waals surface area contributed by atoms with E-state index < -0.39 is 0 Å². The Morgan fingerprint density at radius 1 is 1.30 bits per heavy atom. The molecular formula is C17H24N4O2. The summed E-state index contributed by atoms with van der Waals surface area (Å²) in [6, 6.07) is 8.84. The molecule has 1 unspecified atom stereocenters. The van der Waals surface area contributed by atoms with E-state index in [9.17, 15) is 4.79 Å². The summed E-state index contributed by atoms with van der Waals surface area (Å²) in [5, 5.41) is 9.80. The molecule has 3 rings (SSSR count). The summed E-state index contributed by atoms with van der Waals surface area (Å²) in [6.07, 6.45) is 6.15. The lowest BCUT2D eigenvalue weighted by molar-refractivity contribution is 0.151. The van der Waals surface area contributed by atoms with E-state index in [4.69, 9.17) is 4.84 Å². The minimum atomic E-state index is -0.155. The summed E-state index contributed by atoms with van der Waals surface area (Å²) >= 11 is 0. The van der Waals surface area contributed by atoms with Gasteiger partial charge in [0.05, 0.1) is 11.9 Å². The Labute approximate surface area is 136 Å². The number of nitrogens with zero attached hydrogens (tertiary/aromatic N) is 2. The van der Waals surface area contributed by atoms with Crippen molar-refractivity contribution in [1.29, 1.82) is 0 Å². The second-order valence-corrected chi connectivity index (χ2v) is 6.32. The van der Waals surface area contributed by atoms with Crippen molar-refractivity contribution >= 4 is 17.9 Å². The van der Waals surface area contributed by atoms with Gasteiger partial charge >= 0.3 is 6.03 Å². The van der Waals surface area contributed by atoms with Crippen LogP contribution in [0, 0.1) is 0 Å². The Balaban J connectivity index is 1.59. The number of anilines is 1. The van der Waals surface area contributed by atoms with E-state index in [-0.39, 0.29) is 12.1 Å². The van der Waals surface area contributed by atoms with Crippen molar-refractivity contribution in [3.05, 3.63) is 29.8 Å². The van der Waals surface area contributed by atoms with Crippen LogP contribution in [0.25, 0.3) is 0 Å². The summed E-state index contributed by atoms with van der Waals surface area (Å²) < 4.78 is 0. The molecular weight excluding hydrogens is 292 g/mol. The predicted molar refractivity (Wildman–Crippen MR) is 90.8 cm³/mol. The molecule has 2 heterocycles. The monoisotopic (exact) mass is 316 g/mol. The lowest BCUT2D eigenvalue weighted by Crippen LogP contribution is -2.49. The second kappa shape index (κ2) is 7.00. The van der Waals surface area contributed by atoms with Gasteiger partial charge in [-0.1, -0.05) is 23.4 Å². The first-order chi connectivity index (χ1) is 11.2. The number of benzene rings is 1. The van der Waals surface area contributed by atoms with Crippen LogP contribution in [0.15, 0.2) is 29.4 Å². The molecule has 6 heteroatoms. The molecule has 23 heavy (non-hydrogen) atoms. The Kier molecular flexibility index (Phi) is 4.81. The summed E-state index contributed by atoms with van der Waals surface area (Å²) in [5.41, 5.74) is 1.54. The van der Waals surface area contributed by atoms with Gasteiger partial charge in [-0.15, -0.1) is 0 Å². The fourth-order valence-corrected chi connectivity index (χ4v) is 3.71. The topological polar surface area (TPSA) is 66.0 Å². The summed E-state index contributed by atoms with van der Waals surface area (Å²) in [7, 11) is 3.69. The number of hydrogen-bond acceptors (Lipinski definition) is 4. The molecule has 0 radical (unpaired) electrons. The van der Waals surface area contributed by atoms with Gasteiger partial charge < -0.3 is 20.4 Å². The van der Waals surface area contributed by atoms with Gasteiger partial charge in [-0.05, 0) is 38.8 Å². The quantitative estimate of drug-likeness (QED) is 0.662. The molecule has 0 aromatic heterocycles. The van der Waals surface area contributed by atoms with Gasteiger partial charge in [-0.2, -0.15) is 0 Å². The molecule has 1 aromatic rings. The van der Waals surface area contributed by atoms with Crippen molar-refractivity contribution in [2.75, 3.05) is 19.5 Å². The normalized spacial score (nSPS) is 27.1. The Morgan fingerprint density at radius 2 is 2.00 bits per heavy atom. The van der Waals surface area contributed by atoms with Gasteiger partial charge in [0, 0.05) is 23.7 Å². The zero-order valence-electron chi connectivity index (χ0n) is 13.7. The third-order valence-electron chi connectivity index (χ3n) is 4.94. The van der Waals surface area contributed by atoms with Crippen LogP contribution in [-0.2, 0) is 4.84 Å². The number of fused-ring (bicyclic) bond motifs is 2. The van der Waals surface area contributed by atoms with E-state index in [0.717, 1.165) is 24.1 Å². The zero-order chi connectivity index (χ0) is 16.2. The van der Waals surface area contributed by atoms with Crippen LogP contribution < -0.4 is 10.6 Å². The van der Waals surface area contributed by atoms with Crippen LogP contribution >= 0.6 is 0 Å². The molecule has 6 nitrogen and oxygen atoms in total. The number of amides is 2. The fraction of sp³-hybridized carbons (Fsp3) is 0.529. The van der Waals surface area contributed by atoms with Crippen LogP contribution in [0.1, 0.15) is 31.2 Å². The van der Waals surface area contributed by atoms with Crippen LogP contribution in [0.2, 0.25) is 0 Å². The zero-order valence-corrected chi connectivity index (χ0v) is 13.7. The average Bonchev–Trinajstić information content (AvgIpc) is 2.75. The van der Waals surface area contributed by atoms with E-state index in [0.29, 0.717) is 12.1 Å². The molecule has 124 valence electrons. The lowest BCUT2D eigenvalue weighted by atomic mass is 9.98. The molecule has 1 aromatic carbocycles. The number of carbonyl (C=O) groups excluding carboxylic acids is 1. The first kappa shape index (κ1) is 15.8. The van der Waals surface area contributed by atoms with Crippen LogP contribution in [0.3, 0.4) is 0 Å². The van der Waals surface area contributed by atoms with Gasteiger partial charge in [-0.3, -0.25) is 0 Å². The molecule has 2 saturated heterocycles. The maximum Gasteiger partial charge on any atom is 0.319 e. The molecule has 2 fully saturated rings. The first-order valence-corrected chi connectivity index (χ1v) is 8.12. The molecule has 2 amide bonds. The number of rotatable bonds is 4. The van der Waals surface area contributed by atoms with E-state index in [2.05, 4.69) is 27.7 Å². The van der Waals surface area contributed by atoms with Crippen molar-refractivity contribution < 1.29 is 9.63 Å². The number of para-hydroxylation sites is 1. The molecule has 0 aliphatic carbocycles. The molecule has 2 aliphatic rings. The van der Waals surface area contributed by atoms with Crippen molar-refractivity contribution in [3.63, 3.8) is 0 Å². The molecule has 0 spiro atoms. The van der Waals surface area contributed by atoms with Crippen LogP contribution in [0.4, 0.5) is 10.5 Å². The highest BCUT2D eigenvalue weighted by Gasteiger charge is 2.38. The Bertz CT molecular complexity index is 576.